The molecule has 0 saturated heterocycles. The number of aromatic nitrogens is 2. The highest BCUT2D eigenvalue weighted by Gasteiger charge is 2.43. The molecule has 2 N–H and O–H groups in total. The molecule has 2 aromatic heterocycles. The topological polar surface area (TPSA) is 93.6 Å². The van der Waals surface area contributed by atoms with E-state index in [0.717, 1.165) is 16.7 Å². The van der Waals surface area contributed by atoms with Gasteiger partial charge in [-0.15, -0.1) is 0 Å². The normalized spacial score (nSPS) is 13.4. The molecule has 2 aromatic carbocycles. The highest BCUT2D eigenvalue weighted by atomic mass is 31.1. The molecule has 0 fully saturated rings. The fourth-order valence-electron chi connectivity index (χ4n) is 4.29. The molecule has 2 heterocycles. The van der Waals surface area contributed by atoms with Gasteiger partial charge in [0, 0.05) is 29.8 Å². The van der Waals surface area contributed by atoms with Gasteiger partial charge in [-0.1, -0.05) is 58.8 Å². The van der Waals surface area contributed by atoms with Crippen molar-refractivity contribution in [1.29, 1.82) is 0 Å². The quantitative estimate of drug-likeness (QED) is 0.246. The summed E-state index contributed by atoms with van der Waals surface area (Å²) in [6.45, 7) is 1.64. The van der Waals surface area contributed by atoms with Crippen LogP contribution in [0.4, 0.5) is 13.2 Å². The average Bonchev–Trinajstić information content (AvgIpc) is 3.49. The number of fused-ring (bicyclic) bond motifs is 3. The Bertz CT molecular complexity index is 1320. The molecule has 182 valence electrons. The van der Waals surface area contributed by atoms with Gasteiger partial charge in [-0.3, -0.25) is 0 Å². The molecule has 1 aliphatic carbocycles. The lowest BCUT2D eigenvalue weighted by Crippen LogP contribution is -2.18. The summed E-state index contributed by atoms with van der Waals surface area (Å²) in [6.07, 6.45) is -3.60. The molecular weight excluding hydrogens is 482 g/mol. The minimum absolute atomic E-state index is 0.0146. The molecule has 5 rings (SSSR count). The van der Waals surface area contributed by atoms with Crippen molar-refractivity contribution in [3.8, 4) is 34.0 Å². The van der Waals surface area contributed by atoms with Gasteiger partial charge in [0.05, 0.1) is 6.61 Å². The molecule has 35 heavy (non-hydrogen) atoms. The van der Waals surface area contributed by atoms with Crippen molar-refractivity contribution in [3.63, 3.8) is 0 Å². The van der Waals surface area contributed by atoms with Crippen LogP contribution < -0.4 is 5.32 Å². The first-order chi connectivity index (χ1) is 17.0. The number of halogens is 3. The largest absolute Gasteiger partial charge is 0.422 e. The van der Waals surface area contributed by atoms with Gasteiger partial charge < -0.3 is 23.8 Å². The Balaban J connectivity index is 1.46. The van der Waals surface area contributed by atoms with Crippen molar-refractivity contribution in [2.45, 2.75) is 25.6 Å². The number of nitrogens with one attached hydrogen (secondary N) is 1. The van der Waals surface area contributed by atoms with Gasteiger partial charge in [-0.25, -0.2) is 0 Å². The highest BCUT2D eigenvalue weighted by molar-refractivity contribution is 7.24. The summed E-state index contributed by atoms with van der Waals surface area (Å²) in [4.78, 5) is 8.68. The van der Waals surface area contributed by atoms with Gasteiger partial charge in [0.25, 0.3) is 0 Å². The summed E-state index contributed by atoms with van der Waals surface area (Å²) in [7, 11) is -0.525. The van der Waals surface area contributed by atoms with E-state index in [0.29, 0.717) is 43.8 Å². The van der Waals surface area contributed by atoms with Gasteiger partial charge in [-0.05, 0) is 24.0 Å². The van der Waals surface area contributed by atoms with Crippen LogP contribution >= 0.6 is 9.03 Å². The lowest BCUT2D eigenvalue weighted by Gasteiger charge is -2.16. The van der Waals surface area contributed by atoms with E-state index in [-0.39, 0.29) is 22.8 Å². The summed E-state index contributed by atoms with van der Waals surface area (Å²) in [5, 5.41) is 11.1. The SMILES string of the molecule is OPOCCNCc1ccc2c(c1)CCc1c-2noc1-c1noc(-c2ccccc2)c1C(F)(F)F. The third-order valence-electron chi connectivity index (χ3n) is 5.86. The summed E-state index contributed by atoms with van der Waals surface area (Å²) in [6, 6.07) is 14.0. The fraction of sp³-hybridized carbons (Fsp3) is 0.250. The van der Waals surface area contributed by atoms with Gasteiger partial charge in [0.1, 0.15) is 11.3 Å². The summed E-state index contributed by atoms with van der Waals surface area (Å²) in [5.74, 6) is -0.365. The molecule has 0 radical (unpaired) electrons. The first-order valence-corrected chi connectivity index (χ1v) is 11.8. The van der Waals surface area contributed by atoms with Crippen LogP contribution in [0.5, 0.6) is 0 Å². The zero-order chi connectivity index (χ0) is 24.4. The Morgan fingerprint density at radius 3 is 2.54 bits per heavy atom. The molecule has 1 unspecified atom stereocenters. The van der Waals surface area contributed by atoms with E-state index in [2.05, 4.69) is 21.7 Å². The number of nitrogens with zero attached hydrogens (tertiary/aromatic N) is 2. The van der Waals surface area contributed by atoms with Crippen LogP contribution in [0.15, 0.2) is 57.6 Å². The average molecular weight is 503 g/mol. The maximum absolute atomic E-state index is 14.1. The van der Waals surface area contributed by atoms with Crippen molar-refractivity contribution >= 4 is 9.03 Å². The fourth-order valence-corrected chi connectivity index (χ4v) is 4.48. The van der Waals surface area contributed by atoms with E-state index in [4.69, 9.17) is 18.5 Å². The predicted octanol–water partition coefficient (Wildman–Crippen LogP) is 5.39. The van der Waals surface area contributed by atoms with Crippen LogP contribution in [-0.4, -0.2) is 28.4 Å². The lowest BCUT2D eigenvalue weighted by atomic mass is 9.87. The first kappa shape index (κ1) is 23.7. The molecule has 0 spiro atoms. The Morgan fingerprint density at radius 2 is 1.77 bits per heavy atom. The van der Waals surface area contributed by atoms with Crippen molar-refractivity contribution in [3.05, 3.63) is 70.8 Å². The molecule has 0 aliphatic heterocycles. The van der Waals surface area contributed by atoms with Gasteiger partial charge >= 0.3 is 6.18 Å². The van der Waals surface area contributed by atoms with E-state index < -0.39 is 20.8 Å². The van der Waals surface area contributed by atoms with E-state index >= 15 is 0 Å². The smallest absolute Gasteiger partial charge is 0.355 e. The molecule has 7 nitrogen and oxygen atoms in total. The minimum Gasteiger partial charge on any atom is -0.355 e. The second-order valence-corrected chi connectivity index (χ2v) is 8.52. The number of benzene rings is 2. The minimum atomic E-state index is -4.70. The molecule has 11 heteroatoms. The monoisotopic (exact) mass is 503 g/mol. The molecule has 1 atom stereocenters. The van der Waals surface area contributed by atoms with Crippen molar-refractivity contribution in [2.24, 2.45) is 0 Å². The van der Waals surface area contributed by atoms with Crippen molar-refractivity contribution in [2.75, 3.05) is 13.2 Å². The van der Waals surface area contributed by atoms with E-state index in [1.807, 2.05) is 12.1 Å². The number of hydrogen-bond acceptors (Lipinski definition) is 7. The van der Waals surface area contributed by atoms with Gasteiger partial charge in [-0.2, -0.15) is 13.2 Å². The number of hydrogen-bond donors (Lipinski definition) is 2. The third-order valence-corrected chi connectivity index (χ3v) is 6.19. The Morgan fingerprint density at radius 1 is 1.00 bits per heavy atom. The van der Waals surface area contributed by atoms with Crippen LogP contribution in [0.1, 0.15) is 22.3 Å². The van der Waals surface area contributed by atoms with Crippen LogP contribution in [0.25, 0.3) is 34.0 Å². The molecule has 0 amide bonds. The first-order valence-electron chi connectivity index (χ1n) is 10.9. The second-order valence-electron chi connectivity index (χ2n) is 8.05. The molecular formula is C24H21F3N3O4P. The zero-order valence-electron chi connectivity index (χ0n) is 18.4. The van der Waals surface area contributed by atoms with Crippen molar-refractivity contribution < 1.29 is 31.6 Å². The maximum Gasteiger partial charge on any atom is 0.422 e. The van der Waals surface area contributed by atoms with E-state index in [9.17, 15) is 13.2 Å². The van der Waals surface area contributed by atoms with Crippen LogP contribution in [0.3, 0.4) is 0 Å². The van der Waals surface area contributed by atoms with Crippen LogP contribution in [0.2, 0.25) is 0 Å². The van der Waals surface area contributed by atoms with E-state index in [1.165, 1.54) is 12.1 Å². The molecule has 1 aliphatic rings. The Labute approximate surface area is 200 Å². The Hall–Kier alpha value is -3.04. The van der Waals surface area contributed by atoms with Gasteiger partial charge in [0.15, 0.2) is 26.2 Å². The van der Waals surface area contributed by atoms with Crippen LogP contribution in [0, 0.1) is 0 Å². The number of rotatable bonds is 8. The Kier molecular flexibility index (Phi) is 6.71. The molecule has 0 saturated carbocycles. The number of alkyl halides is 3. The van der Waals surface area contributed by atoms with Gasteiger partial charge in [0.2, 0.25) is 0 Å². The zero-order valence-corrected chi connectivity index (χ0v) is 19.4. The molecule has 0 bridgehead atoms. The third kappa shape index (κ3) is 4.75. The standard InChI is InChI=1S/C24H21F3N3O4P/c25-24(26,27)19-21(30-33-22(19)15-4-2-1-3-5-15)23-18-9-7-16-12-14(13-28-10-11-32-35-31)6-8-17(16)20(18)29-34-23/h1-6,8,12,28,31,35H,7,9-11,13H2. The molecule has 4 aromatic rings. The number of aryl methyl sites for hydroxylation is 1. The maximum atomic E-state index is 14.1. The summed E-state index contributed by atoms with van der Waals surface area (Å²) >= 11 is 0. The van der Waals surface area contributed by atoms with E-state index in [1.54, 1.807) is 18.2 Å². The summed E-state index contributed by atoms with van der Waals surface area (Å²) in [5.41, 5.74) is 2.97. The highest BCUT2D eigenvalue weighted by Crippen LogP contribution is 2.46. The second kappa shape index (κ2) is 9.91. The lowest BCUT2D eigenvalue weighted by molar-refractivity contribution is -0.136. The van der Waals surface area contributed by atoms with Crippen molar-refractivity contribution in [1.82, 2.24) is 15.6 Å². The predicted molar refractivity (Wildman–Crippen MR) is 123 cm³/mol. The summed E-state index contributed by atoms with van der Waals surface area (Å²) < 4.78 is 57.9. The van der Waals surface area contributed by atoms with Crippen LogP contribution in [-0.2, 0) is 30.1 Å².